The number of hydrogen-bond acceptors (Lipinski definition) is 5. The van der Waals surface area contributed by atoms with Crippen LogP contribution in [0.25, 0.3) is 11.1 Å². The van der Waals surface area contributed by atoms with Crippen molar-refractivity contribution in [2.45, 2.75) is 65.3 Å². The topological polar surface area (TPSA) is 88.9 Å². The van der Waals surface area contributed by atoms with Crippen LogP contribution in [0.1, 0.15) is 62.8 Å². The van der Waals surface area contributed by atoms with Gasteiger partial charge in [0.05, 0.1) is 18.9 Å². The first-order chi connectivity index (χ1) is 20.5. The maximum absolute atomic E-state index is 11.5. The van der Waals surface area contributed by atoms with Crippen LogP contribution in [0.3, 0.4) is 0 Å². The van der Waals surface area contributed by atoms with Gasteiger partial charge in [0.1, 0.15) is 12.4 Å². The molecule has 0 heterocycles. The molecule has 43 heavy (non-hydrogen) atoms. The maximum Gasteiger partial charge on any atom is 0.307 e. The molecule has 0 aliphatic heterocycles. The monoisotopic (exact) mass is 586 g/mol. The van der Waals surface area contributed by atoms with E-state index in [0.29, 0.717) is 36.8 Å². The quantitative estimate of drug-likeness (QED) is 0.0997. The number of ether oxygens (including phenoxy) is 1. The smallest absolute Gasteiger partial charge is 0.307 e. The Labute approximate surface area is 258 Å². The normalized spacial score (nSPS) is 11.5. The number of aryl methyl sites for hydroxylation is 1. The second-order valence-corrected chi connectivity index (χ2v) is 12.4. The third kappa shape index (κ3) is 11.2. The molecule has 3 rings (SSSR count). The minimum atomic E-state index is -0.878. The predicted molar refractivity (Wildman–Crippen MR) is 177 cm³/mol. The molecule has 0 aromatic heterocycles. The largest absolute Gasteiger partial charge is 0.492 e. The molecule has 0 radical (unpaired) electrons. The molecule has 3 aromatic carbocycles. The number of benzene rings is 3. The number of nitrogens with zero attached hydrogens (tertiary/aromatic N) is 2. The van der Waals surface area contributed by atoms with E-state index in [9.17, 15) is 9.90 Å². The minimum absolute atomic E-state index is 0.0841. The van der Waals surface area contributed by atoms with E-state index in [4.69, 9.17) is 10.1 Å². The fraction of sp³-hybridized carbons (Fsp3) is 0.444. The van der Waals surface area contributed by atoms with E-state index in [0.717, 1.165) is 43.6 Å². The Balaban J connectivity index is 1.53. The van der Waals surface area contributed by atoms with Crippen LogP contribution in [0.2, 0.25) is 0 Å². The Bertz CT molecular complexity index is 1330. The zero-order chi connectivity index (χ0) is 31.4. The highest BCUT2D eigenvalue weighted by Crippen LogP contribution is 2.28. The molecule has 0 aliphatic carbocycles. The van der Waals surface area contributed by atoms with Crippen molar-refractivity contribution < 1.29 is 14.6 Å². The SMILES string of the molecule is CCN(CNCc1ccc(C(C)(C)C)cc1)C(=N)CCCc1cccc(-c2ccc(OCCN(C)C)c(CC(=O)O)c2)c1. The first-order valence-electron chi connectivity index (χ1n) is 15.3. The highest BCUT2D eigenvalue weighted by Gasteiger charge is 2.14. The van der Waals surface area contributed by atoms with Crippen LogP contribution in [0, 0.1) is 5.41 Å². The fourth-order valence-corrected chi connectivity index (χ4v) is 4.92. The number of aliphatic carboxylic acids is 1. The van der Waals surface area contributed by atoms with Crippen LogP contribution in [-0.4, -0.2) is 67.2 Å². The van der Waals surface area contributed by atoms with Gasteiger partial charge in [0.25, 0.3) is 0 Å². The fourth-order valence-electron chi connectivity index (χ4n) is 4.92. The summed E-state index contributed by atoms with van der Waals surface area (Å²) in [6.45, 7) is 12.2. The van der Waals surface area contributed by atoms with E-state index in [-0.39, 0.29) is 11.8 Å². The number of nitrogens with one attached hydrogen (secondary N) is 2. The lowest BCUT2D eigenvalue weighted by atomic mass is 9.87. The van der Waals surface area contributed by atoms with E-state index >= 15 is 0 Å². The molecule has 3 aromatic rings. The van der Waals surface area contributed by atoms with Crippen molar-refractivity contribution in [1.82, 2.24) is 15.1 Å². The van der Waals surface area contributed by atoms with Crippen LogP contribution in [-0.2, 0) is 29.6 Å². The second-order valence-electron chi connectivity index (χ2n) is 12.4. The molecule has 0 amide bonds. The number of carboxylic acids is 1. The van der Waals surface area contributed by atoms with Gasteiger partial charge in [-0.3, -0.25) is 15.5 Å². The van der Waals surface area contributed by atoms with Crippen molar-refractivity contribution in [3.8, 4) is 16.9 Å². The zero-order valence-corrected chi connectivity index (χ0v) is 26.9. The molecule has 0 spiro atoms. The minimum Gasteiger partial charge on any atom is -0.492 e. The van der Waals surface area contributed by atoms with Gasteiger partial charge >= 0.3 is 5.97 Å². The first kappa shape index (κ1) is 33.8. The van der Waals surface area contributed by atoms with Gasteiger partial charge in [-0.05, 0) is 79.2 Å². The number of hydrogen-bond donors (Lipinski definition) is 3. The van der Waals surface area contributed by atoms with Crippen LogP contribution < -0.4 is 10.1 Å². The van der Waals surface area contributed by atoms with E-state index in [1.165, 1.54) is 16.7 Å². The molecule has 232 valence electrons. The van der Waals surface area contributed by atoms with Crippen molar-refractivity contribution in [3.05, 3.63) is 89.0 Å². The average molecular weight is 587 g/mol. The molecular formula is C36H50N4O3. The summed E-state index contributed by atoms with van der Waals surface area (Å²) in [7, 11) is 3.96. The van der Waals surface area contributed by atoms with Gasteiger partial charge in [0.15, 0.2) is 0 Å². The van der Waals surface area contributed by atoms with Gasteiger partial charge in [-0.2, -0.15) is 0 Å². The number of amidine groups is 1. The number of likely N-dealkylation sites (N-methyl/N-ethyl adjacent to an activating group) is 1. The third-order valence-electron chi connectivity index (χ3n) is 7.55. The molecule has 0 saturated heterocycles. The summed E-state index contributed by atoms with van der Waals surface area (Å²) in [6.07, 6.45) is 2.38. The van der Waals surface area contributed by atoms with E-state index in [1.807, 2.05) is 43.3 Å². The molecule has 3 N–H and O–H groups in total. The van der Waals surface area contributed by atoms with Gasteiger partial charge in [0.2, 0.25) is 0 Å². The molecule has 0 aliphatic rings. The van der Waals surface area contributed by atoms with E-state index in [2.05, 4.69) is 80.4 Å². The van der Waals surface area contributed by atoms with Crippen molar-refractivity contribution in [2.24, 2.45) is 0 Å². The van der Waals surface area contributed by atoms with Gasteiger partial charge < -0.3 is 19.6 Å². The molecular weight excluding hydrogens is 536 g/mol. The zero-order valence-electron chi connectivity index (χ0n) is 26.9. The summed E-state index contributed by atoms with van der Waals surface area (Å²) in [5.74, 6) is 0.394. The van der Waals surface area contributed by atoms with E-state index in [1.54, 1.807) is 0 Å². The number of carboxylic acid groups (broad SMARTS) is 1. The van der Waals surface area contributed by atoms with Crippen molar-refractivity contribution in [2.75, 3.05) is 40.5 Å². The van der Waals surface area contributed by atoms with Crippen molar-refractivity contribution in [1.29, 1.82) is 5.41 Å². The van der Waals surface area contributed by atoms with Crippen molar-refractivity contribution in [3.63, 3.8) is 0 Å². The predicted octanol–water partition coefficient (Wildman–Crippen LogP) is 6.59. The Morgan fingerprint density at radius 2 is 1.70 bits per heavy atom. The summed E-state index contributed by atoms with van der Waals surface area (Å²) in [5.41, 5.74) is 6.64. The lowest BCUT2D eigenvalue weighted by Crippen LogP contribution is -2.38. The van der Waals surface area contributed by atoms with Crippen LogP contribution in [0.15, 0.2) is 66.7 Å². The number of rotatable bonds is 16. The molecule has 0 unspecified atom stereocenters. The van der Waals surface area contributed by atoms with Gasteiger partial charge in [-0.25, -0.2) is 0 Å². The summed E-state index contributed by atoms with van der Waals surface area (Å²) in [4.78, 5) is 15.6. The Morgan fingerprint density at radius 3 is 2.35 bits per heavy atom. The second kappa shape index (κ2) is 16.2. The maximum atomic E-state index is 11.5. The Morgan fingerprint density at radius 1 is 0.977 bits per heavy atom. The molecule has 7 heteroatoms. The molecule has 0 atom stereocenters. The molecule has 7 nitrogen and oxygen atoms in total. The van der Waals surface area contributed by atoms with Crippen LogP contribution in [0.5, 0.6) is 5.75 Å². The summed E-state index contributed by atoms with van der Waals surface area (Å²) < 4.78 is 5.90. The Hall–Kier alpha value is -3.68. The standard InChI is InChI=1S/C36H50N4O3/c1-7-40(26-38-25-28-14-17-32(18-15-28)36(2,3)4)34(37)13-9-11-27-10-8-12-29(22-27)30-16-19-33(43-21-20-39(5)6)31(23-30)24-35(41)42/h8,10,12,14-19,22-23,37-38H,7,9,11,13,20-21,24-26H2,1-6H3,(H,41,42). The number of carbonyl (C=O) groups is 1. The lowest BCUT2D eigenvalue weighted by molar-refractivity contribution is -0.136. The molecule has 0 saturated carbocycles. The highest BCUT2D eigenvalue weighted by molar-refractivity contribution is 5.79. The van der Waals surface area contributed by atoms with E-state index < -0.39 is 5.97 Å². The summed E-state index contributed by atoms with van der Waals surface area (Å²) in [5, 5.41) is 21.6. The van der Waals surface area contributed by atoms with Crippen LogP contribution in [0.4, 0.5) is 0 Å². The molecule has 0 bridgehead atoms. The average Bonchev–Trinajstić information content (AvgIpc) is 2.95. The van der Waals surface area contributed by atoms with Gasteiger partial charge in [-0.15, -0.1) is 0 Å². The highest BCUT2D eigenvalue weighted by atomic mass is 16.5. The third-order valence-corrected chi connectivity index (χ3v) is 7.55. The van der Waals surface area contributed by atoms with Crippen molar-refractivity contribution >= 4 is 11.8 Å². The van der Waals surface area contributed by atoms with Gasteiger partial charge in [-0.1, -0.05) is 75.4 Å². The Kier molecular flexibility index (Phi) is 12.8. The summed E-state index contributed by atoms with van der Waals surface area (Å²) >= 11 is 0. The van der Waals surface area contributed by atoms with Gasteiger partial charge in [0, 0.05) is 31.6 Å². The lowest BCUT2D eigenvalue weighted by Gasteiger charge is -2.24. The first-order valence-corrected chi connectivity index (χ1v) is 15.3. The molecule has 0 fully saturated rings. The van der Waals surface area contributed by atoms with Crippen LogP contribution >= 0.6 is 0 Å². The summed E-state index contributed by atoms with van der Waals surface area (Å²) in [6, 6.07) is 23.0.